The maximum Gasteiger partial charge on any atom is 0.240 e. The highest BCUT2D eigenvalue weighted by molar-refractivity contribution is 7.92. The summed E-state index contributed by atoms with van der Waals surface area (Å²) in [4.78, 5) is 12.5. The number of sulfonamides is 1. The first kappa shape index (κ1) is 21.6. The van der Waals surface area contributed by atoms with Crippen LogP contribution in [-0.2, 0) is 14.8 Å². The zero-order chi connectivity index (χ0) is 21.7. The summed E-state index contributed by atoms with van der Waals surface area (Å²) in [6.07, 6.45) is 1.10. The van der Waals surface area contributed by atoms with Gasteiger partial charge in [0, 0.05) is 5.39 Å². The Hall–Kier alpha value is -3.06. The van der Waals surface area contributed by atoms with E-state index in [1.165, 1.54) is 0 Å². The van der Waals surface area contributed by atoms with Gasteiger partial charge in [-0.1, -0.05) is 42.5 Å². The van der Waals surface area contributed by atoms with E-state index in [4.69, 9.17) is 4.74 Å². The minimum absolute atomic E-state index is 0.277. The first-order valence-corrected chi connectivity index (χ1v) is 11.5. The number of aryl methyl sites for hydroxylation is 2. The molecular formula is C23H26N2O4S. The van der Waals surface area contributed by atoms with Gasteiger partial charge in [0.25, 0.3) is 0 Å². The Bertz CT molecular complexity index is 1130. The van der Waals surface area contributed by atoms with E-state index in [-0.39, 0.29) is 13.1 Å². The van der Waals surface area contributed by atoms with Gasteiger partial charge in [0.2, 0.25) is 15.9 Å². The van der Waals surface area contributed by atoms with Crippen LogP contribution in [0.4, 0.5) is 5.69 Å². The molecule has 0 saturated heterocycles. The summed E-state index contributed by atoms with van der Waals surface area (Å²) in [5.41, 5.74) is 2.69. The van der Waals surface area contributed by atoms with Crippen molar-refractivity contribution in [2.24, 2.45) is 0 Å². The van der Waals surface area contributed by atoms with Crippen molar-refractivity contribution in [1.29, 1.82) is 0 Å². The lowest BCUT2D eigenvalue weighted by molar-refractivity contribution is -0.119. The van der Waals surface area contributed by atoms with Crippen LogP contribution in [0.25, 0.3) is 10.8 Å². The smallest absolute Gasteiger partial charge is 0.240 e. The number of hydrogen-bond acceptors (Lipinski definition) is 4. The molecule has 0 aromatic heterocycles. The number of benzene rings is 3. The van der Waals surface area contributed by atoms with Crippen LogP contribution in [0, 0.1) is 13.8 Å². The fourth-order valence-electron chi connectivity index (χ4n) is 3.37. The van der Waals surface area contributed by atoms with Crippen LogP contribution in [0.2, 0.25) is 0 Å². The van der Waals surface area contributed by atoms with E-state index in [1.807, 2.05) is 56.3 Å². The standard InChI is InChI=1S/C23H26N2O4S/c1-17-13-18(2)15-20(14-17)29-12-11-24-23(26)16-25(30(3,27)28)22-10-6-8-19-7-4-5-9-21(19)22/h4-10,13-15H,11-12,16H2,1-3H3,(H,24,26). The molecule has 0 spiro atoms. The number of nitrogens with zero attached hydrogens (tertiary/aromatic N) is 1. The molecule has 3 aromatic rings. The zero-order valence-corrected chi connectivity index (χ0v) is 18.2. The summed E-state index contributed by atoms with van der Waals surface area (Å²) in [6, 6.07) is 18.8. The SMILES string of the molecule is Cc1cc(C)cc(OCCNC(=O)CN(c2cccc3ccccc23)S(C)(=O)=O)c1. The van der Waals surface area contributed by atoms with Gasteiger partial charge in [-0.3, -0.25) is 9.10 Å². The molecule has 0 aliphatic carbocycles. The second kappa shape index (κ2) is 9.17. The van der Waals surface area contributed by atoms with Gasteiger partial charge in [-0.15, -0.1) is 0 Å². The van der Waals surface area contributed by atoms with Gasteiger partial charge in [0.05, 0.1) is 18.5 Å². The number of rotatable bonds is 8. The van der Waals surface area contributed by atoms with Crippen LogP contribution >= 0.6 is 0 Å². The molecule has 0 bridgehead atoms. The van der Waals surface area contributed by atoms with Crippen molar-refractivity contribution < 1.29 is 17.9 Å². The Labute approximate surface area is 177 Å². The number of carbonyl (C=O) groups is 1. The average Bonchev–Trinajstić information content (AvgIpc) is 2.67. The predicted molar refractivity (Wildman–Crippen MR) is 121 cm³/mol. The van der Waals surface area contributed by atoms with E-state index < -0.39 is 15.9 Å². The highest BCUT2D eigenvalue weighted by atomic mass is 32.2. The lowest BCUT2D eigenvalue weighted by atomic mass is 10.1. The van der Waals surface area contributed by atoms with Crippen LogP contribution in [0.15, 0.2) is 60.7 Å². The quantitative estimate of drug-likeness (QED) is 0.560. The fourth-order valence-corrected chi connectivity index (χ4v) is 4.24. The molecule has 0 fully saturated rings. The summed E-state index contributed by atoms with van der Waals surface area (Å²) in [5.74, 6) is 0.354. The van der Waals surface area contributed by atoms with Crippen LogP contribution in [0.5, 0.6) is 5.75 Å². The molecule has 1 N–H and O–H groups in total. The summed E-state index contributed by atoms with van der Waals surface area (Å²) in [7, 11) is -3.65. The Morgan fingerprint density at radius 1 is 1.00 bits per heavy atom. The number of nitrogens with one attached hydrogen (secondary N) is 1. The fraction of sp³-hybridized carbons (Fsp3) is 0.261. The molecule has 3 aromatic carbocycles. The average molecular weight is 427 g/mol. The molecule has 158 valence electrons. The number of carbonyl (C=O) groups excluding carboxylic acids is 1. The van der Waals surface area contributed by atoms with Gasteiger partial charge in [0.1, 0.15) is 18.9 Å². The second-order valence-electron chi connectivity index (χ2n) is 7.29. The van der Waals surface area contributed by atoms with Gasteiger partial charge in [-0.05, 0) is 48.6 Å². The normalized spacial score (nSPS) is 11.3. The Morgan fingerprint density at radius 3 is 2.37 bits per heavy atom. The van der Waals surface area contributed by atoms with Crippen molar-refractivity contribution in [2.75, 3.05) is 30.3 Å². The lowest BCUT2D eigenvalue weighted by Gasteiger charge is -2.23. The van der Waals surface area contributed by atoms with E-state index in [1.54, 1.807) is 12.1 Å². The minimum Gasteiger partial charge on any atom is -0.492 e. The molecule has 0 aliphatic heterocycles. The number of ether oxygens (including phenoxy) is 1. The van der Waals surface area contributed by atoms with Gasteiger partial charge in [-0.25, -0.2) is 8.42 Å². The topological polar surface area (TPSA) is 75.7 Å². The van der Waals surface area contributed by atoms with Crippen molar-refractivity contribution in [2.45, 2.75) is 13.8 Å². The number of anilines is 1. The molecule has 0 unspecified atom stereocenters. The molecular weight excluding hydrogens is 400 g/mol. The molecule has 30 heavy (non-hydrogen) atoms. The minimum atomic E-state index is -3.65. The second-order valence-corrected chi connectivity index (χ2v) is 9.20. The number of hydrogen-bond donors (Lipinski definition) is 1. The molecule has 0 saturated carbocycles. The molecule has 0 radical (unpaired) electrons. The summed E-state index contributed by atoms with van der Waals surface area (Å²) >= 11 is 0. The molecule has 3 rings (SSSR count). The van der Waals surface area contributed by atoms with E-state index in [0.717, 1.165) is 38.2 Å². The first-order valence-electron chi connectivity index (χ1n) is 9.67. The number of fused-ring (bicyclic) bond motifs is 1. The zero-order valence-electron chi connectivity index (χ0n) is 17.4. The Balaban J connectivity index is 1.65. The third-order valence-corrected chi connectivity index (χ3v) is 5.74. The van der Waals surface area contributed by atoms with Gasteiger partial charge >= 0.3 is 0 Å². The molecule has 7 heteroatoms. The first-order chi connectivity index (χ1) is 14.2. The lowest BCUT2D eigenvalue weighted by Crippen LogP contribution is -2.41. The maximum absolute atomic E-state index is 12.5. The van der Waals surface area contributed by atoms with E-state index in [9.17, 15) is 13.2 Å². The third-order valence-electron chi connectivity index (χ3n) is 4.61. The molecule has 0 aliphatic rings. The van der Waals surface area contributed by atoms with Crippen LogP contribution in [0.3, 0.4) is 0 Å². The molecule has 0 heterocycles. The van der Waals surface area contributed by atoms with Crippen molar-refractivity contribution in [3.8, 4) is 5.75 Å². The summed E-state index contributed by atoms with van der Waals surface area (Å²) < 4.78 is 31.6. The highest BCUT2D eigenvalue weighted by Gasteiger charge is 2.22. The maximum atomic E-state index is 12.5. The van der Waals surface area contributed by atoms with Crippen molar-refractivity contribution in [3.63, 3.8) is 0 Å². The van der Waals surface area contributed by atoms with Gasteiger partial charge in [0.15, 0.2) is 0 Å². The largest absolute Gasteiger partial charge is 0.492 e. The molecule has 1 amide bonds. The summed E-state index contributed by atoms with van der Waals surface area (Å²) in [6.45, 7) is 4.26. The van der Waals surface area contributed by atoms with Crippen molar-refractivity contribution >= 4 is 32.4 Å². The summed E-state index contributed by atoms with van der Waals surface area (Å²) in [5, 5.41) is 4.42. The predicted octanol–water partition coefficient (Wildman–Crippen LogP) is 3.42. The Kier molecular flexibility index (Phi) is 6.62. The molecule has 0 atom stereocenters. The van der Waals surface area contributed by atoms with Crippen molar-refractivity contribution in [3.05, 3.63) is 71.8 Å². The van der Waals surface area contributed by atoms with Crippen LogP contribution < -0.4 is 14.4 Å². The van der Waals surface area contributed by atoms with E-state index in [0.29, 0.717) is 12.3 Å². The molecule has 6 nitrogen and oxygen atoms in total. The highest BCUT2D eigenvalue weighted by Crippen LogP contribution is 2.28. The van der Waals surface area contributed by atoms with Crippen LogP contribution in [-0.4, -0.2) is 40.3 Å². The van der Waals surface area contributed by atoms with Gasteiger partial charge in [-0.2, -0.15) is 0 Å². The number of amides is 1. The van der Waals surface area contributed by atoms with Crippen molar-refractivity contribution in [1.82, 2.24) is 5.32 Å². The van der Waals surface area contributed by atoms with E-state index in [2.05, 4.69) is 11.4 Å². The Morgan fingerprint density at radius 2 is 1.67 bits per heavy atom. The monoisotopic (exact) mass is 426 g/mol. The van der Waals surface area contributed by atoms with Crippen LogP contribution in [0.1, 0.15) is 11.1 Å². The third kappa shape index (κ3) is 5.51. The van der Waals surface area contributed by atoms with Gasteiger partial charge < -0.3 is 10.1 Å². The van der Waals surface area contributed by atoms with E-state index >= 15 is 0 Å².